The van der Waals surface area contributed by atoms with Gasteiger partial charge in [0, 0.05) is 0 Å². The van der Waals surface area contributed by atoms with E-state index in [1.807, 2.05) is 36.4 Å². The van der Waals surface area contributed by atoms with Crippen LogP contribution in [0.5, 0.6) is 0 Å². The molecule has 3 heteroatoms. The Labute approximate surface area is 258 Å². The Morgan fingerprint density at radius 3 is 1.95 bits per heavy atom. The molecule has 0 aromatic heterocycles. The quantitative estimate of drug-likeness (QED) is 0.164. The molecule has 6 rings (SSSR count). The van der Waals surface area contributed by atoms with E-state index in [-0.39, 0.29) is 32.2 Å². The van der Waals surface area contributed by atoms with Crippen LogP contribution in [0.1, 0.15) is 36.1 Å². The number of halogens is 2. The maximum Gasteiger partial charge on any atom is -0.0253 e. The summed E-state index contributed by atoms with van der Waals surface area (Å²) in [7, 11) is 0. The smallest absolute Gasteiger partial charge is 0.0253 e. The van der Waals surface area contributed by atoms with Crippen LogP contribution in [-0.2, 0) is 30.7 Å². The second-order valence-electron chi connectivity index (χ2n) is 8.48. The number of allylic oxidation sites excluding steroid dienone is 4. The molecule has 0 spiro atoms. The van der Waals surface area contributed by atoms with E-state index in [0.717, 1.165) is 6.42 Å². The molecule has 2 aliphatic carbocycles. The number of hydrogen-bond donors (Lipinski definition) is 0. The van der Waals surface area contributed by atoms with Crippen molar-refractivity contribution >= 4 is 34.6 Å². The third-order valence-corrected chi connectivity index (χ3v) is 5.85. The van der Waals surface area contributed by atoms with Crippen LogP contribution in [0.3, 0.4) is 0 Å². The summed E-state index contributed by atoms with van der Waals surface area (Å²) >= 11 is 1.30. The van der Waals surface area contributed by atoms with Crippen LogP contribution in [0.15, 0.2) is 109 Å². The number of rotatable bonds is 1. The summed E-state index contributed by atoms with van der Waals surface area (Å²) in [4.78, 5) is 0. The molecule has 4 aromatic carbocycles. The largest absolute Gasteiger partial charge is 0.358 e. The minimum absolute atomic E-state index is 0. The zero-order chi connectivity index (χ0) is 25.0. The molecule has 0 bridgehead atoms. The number of hydrogen-bond acceptors (Lipinski definition) is 0. The molecule has 0 amide bonds. The van der Waals surface area contributed by atoms with Crippen molar-refractivity contribution in [2.75, 3.05) is 0 Å². The van der Waals surface area contributed by atoms with Crippen molar-refractivity contribution in [3.63, 3.8) is 0 Å². The Balaban J connectivity index is 0.000000523. The summed E-state index contributed by atoms with van der Waals surface area (Å²) in [5, 5.41) is 0. The van der Waals surface area contributed by atoms with E-state index in [4.69, 9.17) is 0 Å². The molecule has 0 radical (unpaired) electrons. The number of fused-ring (bicyclic) bond motifs is 3. The Kier molecular flexibility index (Phi) is 17.7. The van der Waals surface area contributed by atoms with Crippen molar-refractivity contribution in [2.24, 2.45) is 5.92 Å². The normalized spacial score (nSPS) is 13.2. The van der Waals surface area contributed by atoms with Gasteiger partial charge >= 0.3 is 28.4 Å². The van der Waals surface area contributed by atoms with Crippen LogP contribution in [0.25, 0.3) is 16.7 Å². The van der Waals surface area contributed by atoms with E-state index < -0.39 is 0 Å². The monoisotopic (exact) mass is 616 g/mol. The minimum atomic E-state index is 0. The van der Waals surface area contributed by atoms with Gasteiger partial charge in [0.2, 0.25) is 0 Å². The fourth-order valence-electron chi connectivity index (χ4n) is 4.23. The van der Waals surface area contributed by atoms with E-state index in [1.54, 1.807) is 0 Å². The van der Waals surface area contributed by atoms with Crippen molar-refractivity contribution in [1.82, 2.24) is 0 Å². The third kappa shape index (κ3) is 10.1. The van der Waals surface area contributed by atoms with E-state index in [9.17, 15) is 0 Å². The maximum absolute atomic E-state index is 3.39. The molecule has 1 atom stereocenters. The van der Waals surface area contributed by atoms with Gasteiger partial charge in [-0.1, -0.05) is 92.4 Å². The van der Waals surface area contributed by atoms with E-state index in [2.05, 4.69) is 110 Å². The number of aryl methyl sites for hydroxylation is 1. The molecule has 38 heavy (non-hydrogen) atoms. The third-order valence-electron chi connectivity index (χ3n) is 5.85. The molecule has 0 saturated heterocycles. The van der Waals surface area contributed by atoms with Crippen LogP contribution in [0.4, 0.5) is 0 Å². The summed E-state index contributed by atoms with van der Waals surface area (Å²) in [5.41, 5.74) is 10.7. The molecular weight excluding hydrogens is 583 g/mol. The van der Waals surface area contributed by atoms with Crippen molar-refractivity contribution in [3.05, 3.63) is 157 Å². The predicted molar refractivity (Wildman–Crippen MR) is 168 cm³/mol. The SMILES string of the molecule is CC1=[C-]C(C)C=C1c1ccccc1.Cc1cc[c-]cc1.Cl.Cl.[CH2]=[Zr].[CH3-].[c-]1cccc2c1Cc1ccccc1-2. The van der Waals surface area contributed by atoms with Crippen molar-refractivity contribution in [3.8, 4) is 11.1 Å². The molecule has 2 aliphatic rings. The average Bonchev–Trinajstić information content (AvgIpc) is 3.46. The van der Waals surface area contributed by atoms with Gasteiger partial charge < -0.3 is 7.43 Å². The van der Waals surface area contributed by atoms with Gasteiger partial charge in [0.15, 0.2) is 0 Å². The van der Waals surface area contributed by atoms with Crippen molar-refractivity contribution in [2.45, 2.75) is 27.2 Å². The van der Waals surface area contributed by atoms with E-state index in [1.165, 1.54) is 68.8 Å². The standard InChI is InChI=1S/C13H9.C13H13.C7H7.CH3.CH2.2ClH.Zr/c1-3-7-12-10(5-1)9-11-6-2-4-8-13(11)12;1-10-8-11(2)13(9-10)12-6-4-3-5-7-12;1-7-5-3-2-4-6-7;;;;;/h1-5,7-8H,9H2;3-7,9-10H,1-2H3;3-6H,1H3;1H3;1H2;2*1H;/q4*-1;;;;. The molecular formula is C35H36Cl2Zr-4. The summed E-state index contributed by atoms with van der Waals surface area (Å²) in [6.07, 6.45) is 6.71. The molecule has 0 N–H and O–H groups in total. The summed E-state index contributed by atoms with van der Waals surface area (Å²) in [5.74, 6) is 0.468. The first-order valence-corrected chi connectivity index (χ1v) is 13.6. The number of benzene rings is 4. The van der Waals surface area contributed by atoms with Crippen molar-refractivity contribution in [1.29, 1.82) is 0 Å². The average molecular weight is 619 g/mol. The van der Waals surface area contributed by atoms with E-state index >= 15 is 0 Å². The molecule has 1 unspecified atom stereocenters. The summed E-state index contributed by atoms with van der Waals surface area (Å²) < 4.78 is 3.34. The second-order valence-corrected chi connectivity index (χ2v) is 8.48. The van der Waals surface area contributed by atoms with Crippen LogP contribution < -0.4 is 0 Å². The van der Waals surface area contributed by atoms with Gasteiger partial charge in [0.25, 0.3) is 0 Å². The molecule has 0 fully saturated rings. The first-order valence-electron chi connectivity index (χ1n) is 11.9. The first kappa shape index (κ1) is 35.7. The fourth-order valence-corrected chi connectivity index (χ4v) is 4.23. The Morgan fingerprint density at radius 2 is 1.37 bits per heavy atom. The van der Waals surface area contributed by atoms with Crippen molar-refractivity contribution < 1.29 is 24.2 Å². The molecule has 0 saturated carbocycles. The van der Waals surface area contributed by atoms with Gasteiger partial charge in [-0.2, -0.15) is 77.4 Å². The maximum atomic E-state index is 3.39. The Bertz CT molecular complexity index is 1230. The minimum Gasteiger partial charge on any atom is -0.358 e. The molecule has 0 heterocycles. The Morgan fingerprint density at radius 1 is 0.763 bits per heavy atom. The van der Waals surface area contributed by atoms with Crippen LogP contribution in [0.2, 0.25) is 0 Å². The van der Waals surface area contributed by atoms with Gasteiger partial charge in [0.1, 0.15) is 0 Å². The van der Waals surface area contributed by atoms with Crippen LogP contribution in [0, 0.1) is 38.5 Å². The zero-order valence-electron chi connectivity index (χ0n) is 22.6. The predicted octanol–water partition coefficient (Wildman–Crippen LogP) is 9.58. The van der Waals surface area contributed by atoms with Gasteiger partial charge in [0.05, 0.1) is 0 Å². The second kappa shape index (κ2) is 18.9. The molecule has 0 aliphatic heterocycles. The summed E-state index contributed by atoms with van der Waals surface area (Å²) in [6.45, 7) is 6.36. The van der Waals surface area contributed by atoms with Gasteiger partial charge in [-0.05, 0) is 6.42 Å². The molecule has 4 aromatic rings. The van der Waals surface area contributed by atoms with Crippen LogP contribution in [-0.4, -0.2) is 4.21 Å². The first-order chi connectivity index (χ1) is 17.1. The Hall–Kier alpha value is -2.31. The topological polar surface area (TPSA) is 0 Å². The van der Waals surface area contributed by atoms with Gasteiger partial charge in [-0.3, -0.25) is 6.08 Å². The van der Waals surface area contributed by atoms with E-state index in [0.29, 0.717) is 5.92 Å². The van der Waals surface area contributed by atoms with Gasteiger partial charge in [-0.15, -0.1) is 35.9 Å². The fraction of sp³-hybridized carbons (Fsp3) is 0.143. The molecule has 0 nitrogen and oxygen atoms in total. The van der Waals surface area contributed by atoms with Gasteiger partial charge in [-0.25, -0.2) is 5.57 Å². The zero-order valence-corrected chi connectivity index (χ0v) is 26.7. The molecule has 198 valence electrons. The summed E-state index contributed by atoms with van der Waals surface area (Å²) in [6, 6.07) is 39.4. The van der Waals surface area contributed by atoms with Crippen LogP contribution >= 0.6 is 24.8 Å².